The van der Waals surface area contributed by atoms with Gasteiger partial charge in [0.15, 0.2) is 5.82 Å². The number of nitrogen functional groups attached to an aromatic ring is 1. The third kappa shape index (κ3) is 4.41. The second-order valence-corrected chi connectivity index (χ2v) is 8.19. The van der Waals surface area contributed by atoms with Crippen LogP contribution in [0, 0.1) is 17.5 Å². The number of rotatable bonds is 4. The van der Waals surface area contributed by atoms with Gasteiger partial charge >= 0.3 is 11.9 Å². The highest BCUT2D eigenvalue weighted by molar-refractivity contribution is 6.03. The lowest BCUT2D eigenvalue weighted by molar-refractivity contribution is -0.148. The lowest BCUT2D eigenvalue weighted by Crippen LogP contribution is -2.22. The van der Waals surface area contributed by atoms with E-state index < -0.39 is 51.8 Å². The van der Waals surface area contributed by atoms with Crippen molar-refractivity contribution in [1.29, 1.82) is 0 Å². The van der Waals surface area contributed by atoms with Crippen molar-refractivity contribution in [2.75, 3.05) is 12.8 Å². The molecule has 0 saturated heterocycles. The lowest BCUT2D eigenvalue weighted by Gasteiger charge is -2.18. The van der Waals surface area contributed by atoms with Crippen LogP contribution in [-0.4, -0.2) is 34.4 Å². The van der Waals surface area contributed by atoms with Gasteiger partial charge in [0.25, 0.3) is 0 Å². The molecule has 0 spiro atoms. The van der Waals surface area contributed by atoms with Gasteiger partial charge in [-0.3, -0.25) is 4.68 Å². The molecule has 33 heavy (non-hydrogen) atoms. The van der Waals surface area contributed by atoms with E-state index in [1.54, 1.807) is 20.8 Å². The Balaban J connectivity index is 2.37. The maximum absolute atomic E-state index is 15.6. The van der Waals surface area contributed by atoms with Crippen LogP contribution in [0.2, 0.25) is 0 Å². The third-order valence-corrected chi connectivity index (χ3v) is 4.75. The maximum Gasteiger partial charge on any atom is 0.343 e. The fraction of sp³-hybridized carbons (Fsp3) is 0.261. The highest BCUT2D eigenvalue weighted by Crippen LogP contribution is 2.40. The smallest absolute Gasteiger partial charge is 0.343 e. The van der Waals surface area contributed by atoms with E-state index in [0.717, 1.165) is 25.3 Å². The molecule has 0 aliphatic rings. The largest absolute Gasteiger partial charge is 0.465 e. The van der Waals surface area contributed by atoms with Crippen molar-refractivity contribution in [3.63, 3.8) is 0 Å². The van der Waals surface area contributed by atoms with Crippen LogP contribution in [-0.2, 0) is 21.3 Å². The minimum Gasteiger partial charge on any atom is -0.465 e. The van der Waals surface area contributed by atoms with Gasteiger partial charge in [0.2, 0.25) is 0 Å². The van der Waals surface area contributed by atoms with Crippen molar-refractivity contribution in [2.45, 2.75) is 26.4 Å². The first kappa shape index (κ1) is 23.8. The first-order valence-corrected chi connectivity index (χ1v) is 9.77. The van der Waals surface area contributed by atoms with Gasteiger partial charge < -0.3 is 15.2 Å². The van der Waals surface area contributed by atoms with Gasteiger partial charge in [-0.25, -0.2) is 22.8 Å². The Morgan fingerprint density at radius 3 is 2.42 bits per heavy atom. The Morgan fingerprint density at radius 2 is 1.82 bits per heavy atom. The number of carbonyl (C=O) groups excluding carboxylic acids is 2. The number of benzene rings is 2. The van der Waals surface area contributed by atoms with E-state index in [-0.39, 0.29) is 22.0 Å². The fourth-order valence-corrected chi connectivity index (χ4v) is 3.39. The number of hydrogen-bond donors (Lipinski definition) is 1. The molecule has 3 aromatic rings. The second-order valence-electron chi connectivity index (χ2n) is 8.19. The quantitative estimate of drug-likeness (QED) is 0.352. The molecule has 1 aromatic heterocycles. The molecule has 0 saturated carbocycles. The molecule has 2 aromatic carbocycles. The molecule has 0 fully saturated rings. The normalized spacial score (nSPS) is 11.9. The summed E-state index contributed by atoms with van der Waals surface area (Å²) in [5.41, 5.74) is 2.67. The summed E-state index contributed by atoms with van der Waals surface area (Å²) in [6.45, 7) is 4.92. The van der Waals surface area contributed by atoms with Crippen LogP contribution in [0.4, 0.5) is 18.9 Å². The van der Waals surface area contributed by atoms with E-state index in [1.165, 1.54) is 24.0 Å². The standard InChI is InChI=1S/C23H22F3N3O4/c1-23(2,3)33-15(30)9-7-11-16(19(26)20(27)17(18(11)25)22(31)32-5)12-6-8-14(24)13-10-28-29(4)21(12)13/h6-10H,27H2,1-5H3. The summed E-state index contributed by atoms with van der Waals surface area (Å²) in [6, 6.07) is 2.31. The van der Waals surface area contributed by atoms with Crippen LogP contribution in [0.1, 0.15) is 36.7 Å². The summed E-state index contributed by atoms with van der Waals surface area (Å²) in [4.78, 5) is 24.3. The number of anilines is 1. The maximum atomic E-state index is 15.6. The summed E-state index contributed by atoms with van der Waals surface area (Å²) in [5, 5.41) is 4.05. The number of fused-ring (bicyclic) bond motifs is 1. The molecule has 0 bridgehead atoms. The summed E-state index contributed by atoms with van der Waals surface area (Å²) in [7, 11) is 2.49. The Hall–Kier alpha value is -3.82. The molecular weight excluding hydrogens is 439 g/mol. The van der Waals surface area contributed by atoms with Crippen LogP contribution < -0.4 is 5.73 Å². The van der Waals surface area contributed by atoms with Crippen LogP contribution >= 0.6 is 0 Å². The van der Waals surface area contributed by atoms with Crippen molar-refractivity contribution < 1.29 is 32.2 Å². The summed E-state index contributed by atoms with van der Waals surface area (Å²) >= 11 is 0. The Labute approximate surface area is 187 Å². The fourth-order valence-electron chi connectivity index (χ4n) is 3.39. The molecule has 7 nitrogen and oxygen atoms in total. The second kappa shape index (κ2) is 8.61. The molecule has 2 N–H and O–H groups in total. The van der Waals surface area contributed by atoms with E-state index in [2.05, 4.69) is 9.84 Å². The van der Waals surface area contributed by atoms with Gasteiger partial charge in [-0.2, -0.15) is 5.10 Å². The van der Waals surface area contributed by atoms with E-state index in [9.17, 15) is 14.0 Å². The van der Waals surface area contributed by atoms with Crippen LogP contribution in [0.5, 0.6) is 0 Å². The average Bonchev–Trinajstić information content (AvgIpc) is 3.12. The van der Waals surface area contributed by atoms with Gasteiger partial charge in [0.1, 0.15) is 22.8 Å². The van der Waals surface area contributed by atoms with E-state index in [0.29, 0.717) is 0 Å². The van der Waals surface area contributed by atoms with Gasteiger partial charge in [-0.15, -0.1) is 0 Å². The number of halogens is 3. The molecule has 3 rings (SSSR count). The van der Waals surface area contributed by atoms with Gasteiger partial charge in [-0.05, 0) is 39.0 Å². The Bertz CT molecular complexity index is 1310. The molecule has 0 unspecified atom stereocenters. The minimum absolute atomic E-state index is 0.0507. The zero-order valence-electron chi connectivity index (χ0n) is 18.6. The summed E-state index contributed by atoms with van der Waals surface area (Å²) in [5.74, 6) is -5.00. The Kier molecular flexibility index (Phi) is 6.22. The van der Waals surface area contributed by atoms with E-state index in [4.69, 9.17) is 10.5 Å². The number of methoxy groups -OCH3 is 1. The van der Waals surface area contributed by atoms with Crippen molar-refractivity contribution >= 4 is 34.6 Å². The highest BCUT2D eigenvalue weighted by atomic mass is 19.1. The summed E-state index contributed by atoms with van der Waals surface area (Å²) < 4.78 is 56.4. The summed E-state index contributed by atoms with van der Waals surface area (Å²) in [6.07, 6.45) is 3.11. The number of aromatic nitrogens is 2. The molecule has 0 aliphatic heterocycles. The molecule has 174 valence electrons. The molecule has 10 heteroatoms. The van der Waals surface area contributed by atoms with Crippen molar-refractivity contribution in [1.82, 2.24) is 9.78 Å². The lowest BCUT2D eigenvalue weighted by atomic mass is 9.92. The third-order valence-electron chi connectivity index (χ3n) is 4.75. The predicted octanol–water partition coefficient (Wildman–Crippen LogP) is 4.38. The first-order valence-electron chi connectivity index (χ1n) is 9.77. The predicted molar refractivity (Wildman–Crippen MR) is 117 cm³/mol. The molecule has 0 radical (unpaired) electrons. The monoisotopic (exact) mass is 461 g/mol. The highest BCUT2D eigenvalue weighted by Gasteiger charge is 2.29. The molecular formula is C23H22F3N3O4. The van der Waals surface area contributed by atoms with E-state index in [1.807, 2.05) is 0 Å². The molecule has 1 heterocycles. The number of nitrogens with two attached hydrogens (primary N) is 1. The SMILES string of the molecule is COC(=O)c1c(N)c(F)c(-c2ccc(F)c3cnn(C)c23)c(C=CC(=O)OC(C)(C)C)c1F. The van der Waals surface area contributed by atoms with Crippen molar-refractivity contribution in [3.05, 3.63) is 53.0 Å². The van der Waals surface area contributed by atoms with Crippen LogP contribution in [0.25, 0.3) is 28.1 Å². The van der Waals surface area contributed by atoms with Gasteiger partial charge in [0.05, 0.1) is 29.9 Å². The number of carbonyl (C=O) groups is 2. The average molecular weight is 461 g/mol. The van der Waals surface area contributed by atoms with Gasteiger partial charge in [0, 0.05) is 29.8 Å². The number of esters is 2. The first-order chi connectivity index (χ1) is 15.4. The molecule has 0 amide bonds. The number of aryl methyl sites for hydroxylation is 1. The topological polar surface area (TPSA) is 96.4 Å². The zero-order valence-corrected chi connectivity index (χ0v) is 18.6. The zero-order chi connectivity index (χ0) is 24.7. The minimum atomic E-state index is -1.21. The van der Waals surface area contributed by atoms with Crippen molar-refractivity contribution in [3.8, 4) is 11.1 Å². The number of nitrogens with zero attached hydrogens (tertiary/aromatic N) is 2. The van der Waals surface area contributed by atoms with E-state index >= 15 is 8.78 Å². The number of hydrogen-bond acceptors (Lipinski definition) is 6. The van der Waals surface area contributed by atoms with Gasteiger partial charge in [-0.1, -0.05) is 0 Å². The van der Waals surface area contributed by atoms with Crippen LogP contribution in [0.15, 0.2) is 24.4 Å². The Morgan fingerprint density at radius 1 is 1.15 bits per heavy atom. The molecule has 0 aliphatic carbocycles. The van der Waals surface area contributed by atoms with Crippen molar-refractivity contribution in [2.24, 2.45) is 7.05 Å². The molecule has 0 atom stereocenters. The van der Waals surface area contributed by atoms with Crippen LogP contribution in [0.3, 0.4) is 0 Å². The number of ether oxygens (including phenoxy) is 2.